The van der Waals surface area contributed by atoms with Gasteiger partial charge >= 0.3 is 11.9 Å². The minimum absolute atomic E-state index is 0.0292. The minimum Gasteiger partial charge on any atom is -0.480 e. The molecule has 1 heterocycles. The number of carboxylic acid groups (broad SMARTS) is 1. The van der Waals surface area contributed by atoms with Gasteiger partial charge < -0.3 is 9.84 Å². The SMILES string of the molecule is CCOC(=O)[C@H](CCc1ccccc1)N([C@H]1CCc2ccccc2N(CC(=O)O)C1=O)[N+](=O)[O-]. The Hall–Kier alpha value is -3.95. The number of rotatable bonds is 10. The Morgan fingerprint density at radius 1 is 1.21 bits per heavy atom. The molecule has 0 bridgehead atoms. The van der Waals surface area contributed by atoms with Gasteiger partial charge in [0.05, 0.1) is 6.61 Å². The van der Waals surface area contributed by atoms with Gasteiger partial charge in [-0.3, -0.25) is 14.5 Å². The standard InChI is InChI=1S/C24H27N3O7/c1-2-34-24(31)21(14-12-17-8-4-3-5-9-17)26(27(32)33)20-15-13-18-10-6-7-11-19(18)25(23(20)30)16-22(28)29/h3-11,20-21H,2,12-16H2,1H3,(H,28,29)/t20-,21-/m0/s1. The molecule has 0 aromatic heterocycles. The van der Waals surface area contributed by atoms with E-state index in [4.69, 9.17) is 4.74 Å². The lowest BCUT2D eigenvalue weighted by molar-refractivity contribution is -0.667. The lowest BCUT2D eigenvalue weighted by atomic mass is 10.0. The monoisotopic (exact) mass is 469 g/mol. The van der Waals surface area contributed by atoms with Crippen molar-refractivity contribution in [2.75, 3.05) is 18.1 Å². The number of hydrogen-bond donors (Lipinski definition) is 1. The summed E-state index contributed by atoms with van der Waals surface area (Å²) >= 11 is 0. The number of carboxylic acids is 1. The molecular weight excluding hydrogens is 442 g/mol. The second-order valence-electron chi connectivity index (χ2n) is 7.91. The highest BCUT2D eigenvalue weighted by Crippen LogP contribution is 2.30. The number of nitrogens with zero attached hydrogens (tertiary/aromatic N) is 3. The average molecular weight is 469 g/mol. The molecule has 0 spiro atoms. The maximum atomic E-state index is 13.5. The number of esters is 1. The molecule has 10 heteroatoms. The van der Waals surface area contributed by atoms with Gasteiger partial charge in [-0.2, -0.15) is 0 Å². The normalized spacial score (nSPS) is 16.2. The summed E-state index contributed by atoms with van der Waals surface area (Å²) in [5, 5.41) is 21.6. The van der Waals surface area contributed by atoms with Gasteiger partial charge in [0.25, 0.3) is 5.91 Å². The molecule has 2 aromatic rings. The Morgan fingerprint density at radius 3 is 2.53 bits per heavy atom. The number of para-hydroxylation sites is 1. The van der Waals surface area contributed by atoms with Crippen molar-refractivity contribution in [2.45, 2.75) is 44.7 Å². The molecule has 0 saturated heterocycles. The molecule has 10 nitrogen and oxygen atoms in total. The summed E-state index contributed by atoms with van der Waals surface area (Å²) < 4.78 is 5.13. The second kappa shape index (κ2) is 11.3. The van der Waals surface area contributed by atoms with Crippen molar-refractivity contribution < 1.29 is 29.3 Å². The number of amides is 1. The van der Waals surface area contributed by atoms with Crippen LogP contribution in [-0.2, 0) is 32.0 Å². The number of aryl methyl sites for hydroxylation is 2. The van der Waals surface area contributed by atoms with Crippen molar-refractivity contribution in [3.63, 3.8) is 0 Å². The Morgan fingerprint density at radius 2 is 1.88 bits per heavy atom. The highest BCUT2D eigenvalue weighted by molar-refractivity contribution is 6.01. The molecule has 3 rings (SSSR count). The number of anilines is 1. The lowest BCUT2D eigenvalue weighted by Gasteiger charge is -2.31. The third-order valence-corrected chi connectivity index (χ3v) is 5.75. The number of nitro groups is 1. The van der Waals surface area contributed by atoms with Crippen LogP contribution in [0.25, 0.3) is 0 Å². The molecule has 2 aromatic carbocycles. The van der Waals surface area contributed by atoms with Gasteiger partial charge in [-0.25, -0.2) is 14.9 Å². The average Bonchev–Trinajstić information content (AvgIpc) is 2.94. The highest BCUT2D eigenvalue weighted by atomic mass is 16.7. The first-order valence-corrected chi connectivity index (χ1v) is 11.1. The van der Waals surface area contributed by atoms with Crippen molar-refractivity contribution in [2.24, 2.45) is 0 Å². The van der Waals surface area contributed by atoms with E-state index in [1.807, 2.05) is 30.3 Å². The molecule has 1 aliphatic heterocycles. The van der Waals surface area contributed by atoms with Crippen LogP contribution in [0.15, 0.2) is 54.6 Å². The Bertz CT molecular complexity index is 1040. The van der Waals surface area contributed by atoms with Crippen molar-refractivity contribution >= 4 is 23.5 Å². The predicted octanol–water partition coefficient (Wildman–Crippen LogP) is 2.48. The molecular formula is C24H27N3O7. The topological polar surface area (TPSA) is 130 Å². The predicted molar refractivity (Wildman–Crippen MR) is 123 cm³/mol. The fourth-order valence-corrected chi connectivity index (χ4v) is 4.23. The molecule has 1 amide bonds. The Kier molecular flexibility index (Phi) is 8.18. The van der Waals surface area contributed by atoms with Crippen LogP contribution in [0, 0.1) is 10.1 Å². The maximum absolute atomic E-state index is 13.5. The third kappa shape index (κ3) is 5.69. The van der Waals surface area contributed by atoms with Gasteiger partial charge in [-0.15, -0.1) is 5.01 Å². The van der Waals surface area contributed by atoms with Gasteiger partial charge in [0.1, 0.15) is 6.54 Å². The van der Waals surface area contributed by atoms with Crippen molar-refractivity contribution in [1.29, 1.82) is 0 Å². The summed E-state index contributed by atoms with van der Waals surface area (Å²) in [7, 11) is 0. The molecule has 0 aliphatic carbocycles. The molecule has 0 unspecified atom stereocenters. The first-order valence-electron chi connectivity index (χ1n) is 11.1. The van der Waals surface area contributed by atoms with Gasteiger partial charge in [-0.05, 0) is 49.8 Å². The molecule has 34 heavy (non-hydrogen) atoms. The van der Waals surface area contributed by atoms with Crippen LogP contribution in [0.2, 0.25) is 0 Å². The molecule has 2 atom stereocenters. The summed E-state index contributed by atoms with van der Waals surface area (Å²) in [4.78, 5) is 51.2. The van der Waals surface area contributed by atoms with Gasteiger partial charge in [0, 0.05) is 5.69 Å². The van der Waals surface area contributed by atoms with Crippen LogP contribution in [0.5, 0.6) is 0 Å². The van der Waals surface area contributed by atoms with E-state index in [0.29, 0.717) is 29.1 Å². The Labute approximate surface area is 196 Å². The van der Waals surface area contributed by atoms with E-state index >= 15 is 0 Å². The van der Waals surface area contributed by atoms with Crippen LogP contribution >= 0.6 is 0 Å². The van der Waals surface area contributed by atoms with E-state index in [-0.39, 0.29) is 19.4 Å². The van der Waals surface area contributed by atoms with Gasteiger partial charge in [-0.1, -0.05) is 48.5 Å². The number of benzene rings is 2. The summed E-state index contributed by atoms with van der Waals surface area (Å²) in [5.41, 5.74) is 1.99. The van der Waals surface area contributed by atoms with Crippen LogP contribution in [0.1, 0.15) is 30.9 Å². The number of carbonyl (C=O) groups excluding carboxylic acids is 2. The second-order valence-corrected chi connectivity index (χ2v) is 7.91. The lowest BCUT2D eigenvalue weighted by Crippen LogP contribution is -2.57. The first-order chi connectivity index (χ1) is 16.3. The number of hydrogen-bond acceptors (Lipinski definition) is 6. The Balaban J connectivity index is 1.97. The molecule has 0 fully saturated rings. The van der Waals surface area contributed by atoms with Crippen LogP contribution in [-0.4, -0.2) is 58.2 Å². The summed E-state index contributed by atoms with van der Waals surface area (Å²) in [6, 6.07) is 13.3. The fourth-order valence-electron chi connectivity index (χ4n) is 4.23. The summed E-state index contributed by atoms with van der Waals surface area (Å²) in [6.45, 7) is 0.984. The zero-order chi connectivity index (χ0) is 24.7. The van der Waals surface area contributed by atoms with Gasteiger partial charge in [0.15, 0.2) is 17.1 Å². The van der Waals surface area contributed by atoms with Crippen molar-refractivity contribution in [1.82, 2.24) is 5.01 Å². The van der Waals surface area contributed by atoms with Crippen molar-refractivity contribution in [3.8, 4) is 0 Å². The van der Waals surface area contributed by atoms with Gasteiger partial charge in [0.2, 0.25) is 0 Å². The summed E-state index contributed by atoms with van der Waals surface area (Å²) in [5.74, 6) is -2.78. The molecule has 0 radical (unpaired) electrons. The van der Waals surface area contributed by atoms with E-state index in [2.05, 4.69) is 0 Å². The van der Waals surface area contributed by atoms with E-state index in [0.717, 1.165) is 10.5 Å². The molecule has 180 valence electrons. The van der Waals surface area contributed by atoms with Crippen LogP contribution in [0.3, 0.4) is 0 Å². The third-order valence-electron chi connectivity index (χ3n) is 5.75. The van der Waals surface area contributed by atoms with E-state index < -0.39 is 41.5 Å². The van der Waals surface area contributed by atoms with Crippen LogP contribution < -0.4 is 4.90 Å². The number of ether oxygens (including phenoxy) is 1. The van der Waals surface area contributed by atoms with Crippen molar-refractivity contribution in [3.05, 3.63) is 75.8 Å². The first kappa shape index (κ1) is 24.7. The molecule has 1 N–H and O–H groups in total. The highest BCUT2D eigenvalue weighted by Gasteiger charge is 2.46. The molecule has 0 saturated carbocycles. The zero-order valence-electron chi connectivity index (χ0n) is 18.8. The minimum atomic E-state index is -1.34. The number of hydrazine groups is 1. The van der Waals surface area contributed by atoms with E-state index in [9.17, 15) is 29.6 Å². The number of carbonyl (C=O) groups is 3. The zero-order valence-corrected chi connectivity index (χ0v) is 18.8. The number of fused-ring (bicyclic) bond motifs is 1. The smallest absolute Gasteiger partial charge is 0.334 e. The number of aliphatic carboxylic acids is 1. The maximum Gasteiger partial charge on any atom is 0.334 e. The molecule has 1 aliphatic rings. The summed E-state index contributed by atoms with van der Waals surface area (Å²) in [6.07, 6.45) is 0.767. The van der Waals surface area contributed by atoms with E-state index in [1.54, 1.807) is 31.2 Å². The largest absolute Gasteiger partial charge is 0.480 e. The van der Waals surface area contributed by atoms with Crippen LogP contribution in [0.4, 0.5) is 5.69 Å². The fraction of sp³-hybridized carbons (Fsp3) is 0.375. The quantitative estimate of drug-likeness (QED) is 0.319. The van der Waals surface area contributed by atoms with E-state index in [1.165, 1.54) is 0 Å².